The van der Waals surface area contributed by atoms with Crippen molar-refractivity contribution in [3.63, 3.8) is 0 Å². The Morgan fingerprint density at radius 1 is 1.45 bits per heavy atom. The van der Waals surface area contributed by atoms with Crippen LogP contribution in [0.4, 0.5) is 0 Å². The van der Waals surface area contributed by atoms with Gasteiger partial charge in [-0.25, -0.2) is 9.98 Å². The highest BCUT2D eigenvalue weighted by molar-refractivity contribution is 7.82. The number of amidine groups is 1. The summed E-state index contributed by atoms with van der Waals surface area (Å²) in [5, 5.41) is 37.0. The van der Waals surface area contributed by atoms with Gasteiger partial charge in [0.25, 0.3) is 5.06 Å². The Hall–Kier alpha value is -1.04. The third-order valence-corrected chi connectivity index (χ3v) is 3.75. The Morgan fingerprint density at radius 3 is 2.85 bits per heavy atom. The third-order valence-electron chi connectivity index (χ3n) is 3.42. The van der Waals surface area contributed by atoms with Gasteiger partial charge in [0.15, 0.2) is 12.1 Å². The van der Waals surface area contributed by atoms with E-state index in [0.717, 1.165) is 6.34 Å². The van der Waals surface area contributed by atoms with Crippen LogP contribution in [-0.2, 0) is 4.74 Å². The van der Waals surface area contributed by atoms with Crippen molar-refractivity contribution in [3.05, 3.63) is 0 Å². The van der Waals surface area contributed by atoms with Crippen molar-refractivity contribution >= 4 is 30.5 Å². The summed E-state index contributed by atoms with van der Waals surface area (Å²) in [5.41, 5.74) is 0.154. The quantitative estimate of drug-likeness (QED) is 0.276. The lowest BCUT2D eigenvalue weighted by Crippen LogP contribution is -2.50. The molecule has 3 aliphatic heterocycles. The third kappa shape index (κ3) is 1.96. The summed E-state index contributed by atoms with van der Waals surface area (Å²) in [4.78, 5) is 13.2. The lowest BCUT2D eigenvalue weighted by molar-refractivity contribution is -0.0688. The largest absolute Gasteiger partial charge is 0.394 e. The minimum atomic E-state index is -1.77. The van der Waals surface area contributed by atoms with Crippen molar-refractivity contribution in [1.82, 2.24) is 4.90 Å². The normalized spacial score (nSPS) is 43.5. The van der Waals surface area contributed by atoms with Crippen LogP contribution in [0.1, 0.15) is 0 Å². The number of thiol groups is 1. The van der Waals surface area contributed by atoms with Gasteiger partial charge in [0.05, 0.1) is 6.61 Å². The van der Waals surface area contributed by atoms with Crippen LogP contribution >= 0.6 is 12.6 Å². The minimum absolute atomic E-state index is 0.0764. The van der Waals surface area contributed by atoms with Gasteiger partial charge >= 0.3 is 0 Å². The molecule has 5 atom stereocenters. The summed E-state index contributed by atoms with van der Waals surface area (Å²) in [6.07, 6.45) is -3.09. The van der Waals surface area contributed by atoms with E-state index in [1.807, 2.05) is 0 Å². The van der Waals surface area contributed by atoms with Crippen molar-refractivity contribution in [3.8, 4) is 0 Å². The first-order chi connectivity index (χ1) is 9.45. The number of aliphatic hydroxyl groups excluding tert-OH is 3. The highest BCUT2D eigenvalue weighted by Crippen LogP contribution is 2.30. The fourth-order valence-corrected chi connectivity index (χ4v) is 2.60. The van der Waals surface area contributed by atoms with Crippen LogP contribution in [0.5, 0.6) is 0 Å². The molecule has 1 saturated heterocycles. The Bertz CT molecular complexity index is 508. The molecule has 10 heteroatoms. The van der Waals surface area contributed by atoms with Gasteiger partial charge in [0.2, 0.25) is 0 Å². The maximum Gasteiger partial charge on any atom is 0.251 e. The molecule has 0 aromatic rings. The molecule has 0 amide bonds. The van der Waals surface area contributed by atoms with E-state index in [1.165, 1.54) is 4.90 Å². The maximum absolute atomic E-state index is 9.99. The molecule has 3 rings (SSSR count). The predicted molar refractivity (Wildman–Crippen MR) is 71.8 cm³/mol. The summed E-state index contributed by atoms with van der Waals surface area (Å²) in [6.45, 7) is -0.340. The van der Waals surface area contributed by atoms with E-state index >= 15 is 0 Å². The van der Waals surface area contributed by atoms with Gasteiger partial charge in [-0.05, 0) is 0 Å². The topological polar surface area (TPSA) is 130 Å². The van der Waals surface area contributed by atoms with Gasteiger partial charge in [-0.2, -0.15) is 0 Å². The lowest BCUT2D eigenvalue weighted by Gasteiger charge is -2.29. The van der Waals surface area contributed by atoms with Crippen molar-refractivity contribution < 1.29 is 25.2 Å². The van der Waals surface area contributed by atoms with Crippen LogP contribution in [0.3, 0.4) is 0 Å². The summed E-state index contributed by atoms with van der Waals surface area (Å²) >= 11 is 3.98. The molecule has 0 aliphatic carbocycles. The number of fused-ring (bicyclic) bond motifs is 1. The van der Waals surface area contributed by atoms with Gasteiger partial charge in [-0.3, -0.25) is 4.99 Å². The fraction of sp³-hybridized carbons (Fsp3) is 0.700. The van der Waals surface area contributed by atoms with Crippen molar-refractivity contribution in [2.75, 3.05) is 13.3 Å². The Kier molecular flexibility index (Phi) is 3.31. The number of ether oxygens (including phenoxy) is 1. The second-order valence-electron chi connectivity index (χ2n) is 4.68. The molecule has 0 radical (unpaired) electrons. The van der Waals surface area contributed by atoms with E-state index in [4.69, 9.17) is 9.84 Å². The maximum atomic E-state index is 9.99. The van der Waals surface area contributed by atoms with Crippen molar-refractivity contribution in [1.29, 1.82) is 0 Å². The number of aliphatic imine (C=N–C) groups is 3. The minimum Gasteiger partial charge on any atom is -0.394 e. The SMILES string of the molecule is OC[C@H]1O[C@@H](N2CN=C3C2=NC=NC3(O)S)[C@H](O)[C@@H]1O. The zero-order chi connectivity index (χ0) is 14.5. The summed E-state index contributed by atoms with van der Waals surface area (Å²) < 4.78 is 5.41. The number of rotatable bonds is 2. The lowest BCUT2D eigenvalue weighted by atomic mass is 10.1. The van der Waals surface area contributed by atoms with Gasteiger partial charge < -0.3 is 30.1 Å². The van der Waals surface area contributed by atoms with E-state index in [-0.39, 0.29) is 18.2 Å². The number of nitrogens with zero attached hydrogens (tertiary/aromatic N) is 4. The standard InChI is InChI=1S/C10H14N4O5S/c15-1-4-5(16)6(17)9(19-4)14-3-12-7-8(14)11-2-13-10(7,18)20/h2,4-6,9,15-18,20H,1,3H2/t4-,5-,6-,9-,10?/m1/s1. The molecule has 0 bridgehead atoms. The highest BCUT2D eigenvalue weighted by Gasteiger charge is 2.50. The van der Waals surface area contributed by atoms with Crippen molar-refractivity contribution in [2.45, 2.75) is 29.6 Å². The van der Waals surface area contributed by atoms with E-state index in [1.54, 1.807) is 0 Å². The molecule has 0 spiro atoms. The average molecular weight is 302 g/mol. The van der Waals surface area contributed by atoms with Crippen LogP contribution in [0, 0.1) is 0 Å². The second-order valence-corrected chi connectivity index (χ2v) is 5.30. The summed E-state index contributed by atoms with van der Waals surface area (Å²) in [7, 11) is 0. The smallest absolute Gasteiger partial charge is 0.251 e. The molecule has 9 nitrogen and oxygen atoms in total. The second kappa shape index (κ2) is 4.76. The molecule has 4 N–H and O–H groups in total. The number of hydrogen-bond donors (Lipinski definition) is 5. The Morgan fingerprint density at radius 2 is 2.20 bits per heavy atom. The van der Waals surface area contributed by atoms with Crippen LogP contribution in [0.15, 0.2) is 15.0 Å². The van der Waals surface area contributed by atoms with Crippen LogP contribution in [0.2, 0.25) is 0 Å². The van der Waals surface area contributed by atoms with E-state index < -0.39 is 36.2 Å². The van der Waals surface area contributed by atoms with Crippen LogP contribution < -0.4 is 0 Å². The highest BCUT2D eigenvalue weighted by atomic mass is 32.1. The summed E-state index contributed by atoms with van der Waals surface area (Å²) in [5.74, 6) is 0.271. The first-order valence-electron chi connectivity index (χ1n) is 5.96. The molecular weight excluding hydrogens is 288 g/mol. The zero-order valence-corrected chi connectivity index (χ0v) is 11.1. The molecule has 0 aromatic carbocycles. The van der Waals surface area contributed by atoms with E-state index in [2.05, 4.69) is 27.6 Å². The van der Waals surface area contributed by atoms with Gasteiger partial charge in [-0.15, -0.1) is 12.6 Å². The van der Waals surface area contributed by atoms with Gasteiger partial charge in [-0.1, -0.05) is 0 Å². The van der Waals surface area contributed by atoms with Gasteiger partial charge in [0, 0.05) is 0 Å². The van der Waals surface area contributed by atoms with E-state index in [0.29, 0.717) is 0 Å². The molecule has 1 fully saturated rings. The monoisotopic (exact) mass is 302 g/mol. The first kappa shape index (κ1) is 13.9. The Labute approximate surface area is 119 Å². The molecule has 3 aliphatic rings. The Balaban J connectivity index is 1.85. The molecule has 3 heterocycles. The predicted octanol–water partition coefficient (Wildman–Crippen LogP) is -2.84. The average Bonchev–Trinajstić information content (AvgIpc) is 2.94. The molecule has 20 heavy (non-hydrogen) atoms. The molecule has 110 valence electrons. The molecule has 0 saturated carbocycles. The molecular formula is C10H14N4O5S. The van der Waals surface area contributed by atoms with Crippen LogP contribution in [-0.4, -0.2) is 86.1 Å². The molecule has 1 unspecified atom stereocenters. The van der Waals surface area contributed by atoms with Crippen LogP contribution in [0.25, 0.3) is 0 Å². The summed E-state index contributed by atoms with van der Waals surface area (Å²) in [6, 6.07) is 0. The zero-order valence-electron chi connectivity index (χ0n) is 10.2. The fourth-order valence-electron chi connectivity index (χ4n) is 2.38. The number of hydrogen-bond acceptors (Lipinski definition) is 10. The van der Waals surface area contributed by atoms with Crippen molar-refractivity contribution in [2.24, 2.45) is 15.0 Å². The van der Waals surface area contributed by atoms with Gasteiger partial charge in [0.1, 0.15) is 37.0 Å². The number of aliphatic hydroxyl groups is 4. The first-order valence-corrected chi connectivity index (χ1v) is 6.41. The molecule has 0 aromatic heterocycles. The van der Waals surface area contributed by atoms with E-state index in [9.17, 15) is 15.3 Å².